The molecule has 4 rings (SSSR count). The van der Waals surface area contributed by atoms with E-state index in [-0.39, 0.29) is 24.2 Å². The molecule has 0 radical (unpaired) electrons. The summed E-state index contributed by atoms with van der Waals surface area (Å²) in [5, 5.41) is 2.87. The molecule has 1 saturated heterocycles. The van der Waals surface area contributed by atoms with Crippen LogP contribution in [0.5, 0.6) is 11.5 Å². The van der Waals surface area contributed by atoms with Crippen molar-refractivity contribution in [2.75, 3.05) is 19.8 Å². The summed E-state index contributed by atoms with van der Waals surface area (Å²) in [6.07, 6.45) is 3.49. The summed E-state index contributed by atoms with van der Waals surface area (Å²) >= 11 is 0. The van der Waals surface area contributed by atoms with Crippen LogP contribution >= 0.6 is 0 Å². The van der Waals surface area contributed by atoms with Crippen LogP contribution < -0.4 is 14.8 Å². The van der Waals surface area contributed by atoms with Crippen LogP contribution in [0.2, 0.25) is 0 Å². The second-order valence-corrected chi connectivity index (χ2v) is 7.22. The van der Waals surface area contributed by atoms with Crippen LogP contribution in [0.15, 0.2) is 18.2 Å². The summed E-state index contributed by atoms with van der Waals surface area (Å²) in [6, 6.07) is 4.44. The first-order chi connectivity index (χ1) is 12.5. The van der Waals surface area contributed by atoms with Gasteiger partial charge in [0.1, 0.15) is 18.8 Å². The number of carbonyl (C=O) groups excluding carboxylic acids is 3. The molecule has 1 aromatic carbocycles. The predicted octanol–water partition coefficient (Wildman–Crippen LogP) is 2.14. The number of amides is 3. The van der Waals surface area contributed by atoms with Gasteiger partial charge in [0.25, 0.3) is 5.91 Å². The number of nitrogens with zero attached hydrogens (tertiary/aromatic N) is 1. The molecule has 1 saturated carbocycles. The lowest BCUT2D eigenvalue weighted by Crippen LogP contribution is -2.54. The van der Waals surface area contributed by atoms with Gasteiger partial charge in [-0.25, -0.2) is 4.79 Å². The fourth-order valence-electron chi connectivity index (χ4n) is 4.09. The van der Waals surface area contributed by atoms with Crippen LogP contribution in [0.1, 0.15) is 43.0 Å². The molecule has 2 atom stereocenters. The number of urea groups is 1. The van der Waals surface area contributed by atoms with Gasteiger partial charge in [-0.3, -0.25) is 14.5 Å². The van der Waals surface area contributed by atoms with Gasteiger partial charge in [-0.05, 0) is 37.0 Å². The zero-order valence-electron chi connectivity index (χ0n) is 14.7. The number of carbonyl (C=O) groups is 3. The number of hydrogen-bond donors (Lipinski definition) is 1. The van der Waals surface area contributed by atoms with Gasteiger partial charge >= 0.3 is 6.03 Å². The Bertz CT molecular complexity index is 777. The third kappa shape index (κ3) is 2.62. The fourth-order valence-corrected chi connectivity index (χ4v) is 4.09. The first-order valence-corrected chi connectivity index (χ1v) is 9.08. The molecule has 0 bridgehead atoms. The zero-order valence-corrected chi connectivity index (χ0v) is 14.7. The minimum atomic E-state index is -0.845. The molecule has 2 heterocycles. The van der Waals surface area contributed by atoms with E-state index in [1.165, 1.54) is 0 Å². The Kier molecular flexibility index (Phi) is 4.09. The van der Waals surface area contributed by atoms with E-state index in [0.717, 1.165) is 24.2 Å². The average Bonchev–Trinajstić information content (AvgIpc) is 2.89. The minimum Gasteiger partial charge on any atom is -0.486 e. The Balaban J connectivity index is 1.52. The molecule has 1 spiro atoms. The predicted molar refractivity (Wildman–Crippen MR) is 92.4 cm³/mol. The molecule has 0 aromatic heterocycles. The fraction of sp³-hybridized carbons (Fsp3) is 0.526. The summed E-state index contributed by atoms with van der Waals surface area (Å²) in [7, 11) is 0. The van der Waals surface area contributed by atoms with Crippen molar-refractivity contribution in [1.82, 2.24) is 10.2 Å². The van der Waals surface area contributed by atoms with E-state index < -0.39 is 11.6 Å². The molecule has 7 heteroatoms. The van der Waals surface area contributed by atoms with Gasteiger partial charge in [-0.1, -0.05) is 19.8 Å². The van der Waals surface area contributed by atoms with Gasteiger partial charge in [-0.15, -0.1) is 0 Å². The summed E-state index contributed by atoms with van der Waals surface area (Å²) < 4.78 is 10.9. The van der Waals surface area contributed by atoms with Crippen molar-refractivity contribution >= 4 is 17.7 Å². The molecule has 1 N–H and O–H groups in total. The Morgan fingerprint density at radius 2 is 2.00 bits per heavy atom. The number of imide groups is 1. The molecular weight excluding hydrogens is 336 g/mol. The van der Waals surface area contributed by atoms with Crippen molar-refractivity contribution in [2.45, 2.75) is 38.1 Å². The van der Waals surface area contributed by atoms with Crippen LogP contribution in [0.4, 0.5) is 4.79 Å². The molecule has 3 amide bonds. The Labute approximate surface area is 151 Å². The van der Waals surface area contributed by atoms with Crippen molar-refractivity contribution in [1.29, 1.82) is 0 Å². The van der Waals surface area contributed by atoms with E-state index in [1.54, 1.807) is 18.2 Å². The molecule has 3 aliphatic rings. The van der Waals surface area contributed by atoms with E-state index >= 15 is 0 Å². The van der Waals surface area contributed by atoms with Crippen LogP contribution in [0.25, 0.3) is 0 Å². The quantitative estimate of drug-likeness (QED) is 0.661. The first kappa shape index (κ1) is 16.9. The van der Waals surface area contributed by atoms with Gasteiger partial charge in [0.05, 0.1) is 6.54 Å². The van der Waals surface area contributed by atoms with Crippen LogP contribution in [-0.4, -0.2) is 47.9 Å². The second kappa shape index (κ2) is 6.30. The van der Waals surface area contributed by atoms with Crippen molar-refractivity contribution in [2.24, 2.45) is 5.92 Å². The third-order valence-electron chi connectivity index (χ3n) is 5.67. The molecule has 7 nitrogen and oxygen atoms in total. The van der Waals surface area contributed by atoms with Gasteiger partial charge in [0.2, 0.25) is 0 Å². The molecule has 2 fully saturated rings. The molecule has 1 aliphatic carbocycles. The number of ketones is 1. The molecular formula is C19H22N2O5. The summed E-state index contributed by atoms with van der Waals surface area (Å²) in [5.41, 5.74) is -0.449. The monoisotopic (exact) mass is 358 g/mol. The highest BCUT2D eigenvalue weighted by molar-refractivity contribution is 6.11. The SMILES string of the molecule is C[C@@H]1CCCC[C@@]12NC(=O)N(CC(=O)c1ccc3c(c1)OCCO3)C2=O. The van der Waals surface area contributed by atoms with Crippen molar-refractivity contribution in [3.8, 4) is 11.5 Å². The summed E-state index contributed by atoms with van der Waals surface area (Å²) in [4.78, 5) is 39.1. The molecule has 2 aliphatic heterocycles. The molecule has 26 heavy (non-hydrogen) atoms. The van der Waals surface area contributed by atoms with Crippen LogP contribution in [0, 0.1) is 5.92 Å². The minimum absolute atomic E-state index is 0.0714. The number of nitrogens with one attached hydrogen (secondary N) is 1. The standard InChI is InChI=1S/C19H22N2O5/c1-12-4-2-3-7-19(12)17(23)21(18(24)20-19)11-14(22)13-5-6-15-16(10-13)26-9-8-25-15/h5-6,10,12H,2-4,7-9,11H2,1H3,(H,20,24)/t12-,19-/m1/s1. The van der Waals surface area contributed by atoms with Crippen molar-refractivity contribution in [3.05, 3.63) is 23.8 Å². The molecule has 1 aromatic rings. The highest BCUT2D eigenvalue weighted by atomic mass is 16.6. The van der Waals surface area contributed by atoms with Gasteiger partial charge < -0.3 is 14.8 Å². The molecule has 138 valence electrons. The summed E-state index contributed by atoms with van der Waals surface area (Å²) in [5.74, 6) is 0.600. The van der Waals surface area contributed by atoms with E-state index in [1.807, 2.05) is 6.92 Å². The zero-order chi connectivity index (χ0) is 18.3. The third-order valence-corrected chi connectivity index (χ3v) is 5.67. The second-order valence-electron chi connectivity index (χ2n) is 7.22. The average molecular weight is 358 g/mol. The van der Waals surface area contributed by atoms with Crippen molar-refractivity contribution < 1.29 is 23.9 Å². The van der Waals surface area contributed by atoms with Crippen molar-refractivity contribution in [3.63, 3.8) is 0 Å². The Morgan fingerprint density at radius 3 is 2.77 bits per heavy atom. The number of Topliss-reactive ketones (excluding diaryl/α,β-unsaturated/α-hetero) is 1. The largest absolute Gasteiger partial charge is 0.486 e. The number of rotatable bonds is 3. The lowest BCUT2D eigenvalue weighted by atomic mass is 9.73. The Hall–Kier alpha value is -2.57. The summed E-state index contributed by atoms with van der Waals surface area (Å²) in [6.45, 7) is 2.63. The maximum atomic E-state index is 12.9. The smallest absolute Gasteiger partial charge is 0.325 e. The van der Waals surface area contributed by atoms with Crippen LogP contribution in [0.3, 0.4) is 0 Å². The topological polar surface area (TPSA) is 84.9 Å². The first-order valence-electron chi connectivity index (χ1n) is 9.08. The lowest BCUT2D eigenvalue weighted by Gasteiger charge is -2.36. The number of benzene rings is 1. The van der Waals surface area contributed by atoms with E-state index in [2.05, 4.69) is 5.32 Å². The number of ether oxygens (including phenoxy) is 2. The van der Waals surface area contributed by atoms with E-state index in [4.69, 9.17) is 9.47 Å². The van der Waals surface area contributed by atoms with Gasteiger partial charge in [0, 0.05) is 5.56 Å². The van der Waals surface area contributed by atoms with E-state index in [0.29, 0.717) is 36.7 Å². The number of fused-ring (bicyclic) bond motifs is 1. The number of hydrogen-bond acceptors (Lipinski definition) is 5. The van der Waals surface area contributed by atoms with Crippen LogP contribution in [-0.2, 0) is 4.79 Å². The Morgan fingerprint density at radius 1 is 1.23 bits per heavy atom. The normalized spacial score (nSPS) is 27.6. The maximum absolute atomic E-state index is 12.9. The molecule has 0 unspecified atom stereocenters. The highest BCUT2D eigenvalue weighted by Crippen LogP contribution is 2.38. The highest BCUT2D eigenvalue weighted by Gasteiger charge is 2.55. The van der Waals surface area contributed by atoms with Gasteiger partial charge in [-0.2, -0.15) is 0 Å². The lowest BCUT2D eigenvalue weighted by molar-refractivity contribution is -0.133. The van der Waals surface area contributed by atoms with Gasteiger partial charge in [0.15, 0.2) is 17.3 Å². The maximum Gasteiger partial charge on any atom is 0.325 e. The van der Waals surface area contributed by atoms with E-state index in [9.17, 15) is 14.4 Å².